The average molecular weight is 149 g/mol. The highest BCUT2D eigenvalue weighted by Crippen LogP contribution is 2.04. The molecule has 1 nitrogen and oxygen atoms in total. The van der Waals surface area contributed by atoms with Crippen LogP contribution in [0.2, 0.25) is 0 Å². The Balaban J connectivity index is 4.75. The maximum atomic E-state index is 3.68. The zero-order valence-electron chi connectivity index (χ0n) is 7.22. The molecule has 11 heavy (non-hydrogen) atoms. The molecule has 0 amide bonds. The van der Waals surface area contributed by atoms with Gasteiger partial charge in [-0.2, -0.15) is 0 Å². The van der Waals surface area contributed by atoms with Crippen molar-refractivity contribution in [3.05, 3.63) is 48.7 Å². The largest absolute Gasteiger partial charge is 0.388 e. The van der Waals surface area contributed by atoms with Crippen LogP contribution in [0.1, 0.15) is 6.92 Å². The third-order valence-corrected chi connectivity index (χ3v) is 1.35. The normalized spacial score (nSPS) is 9.27. The Bertz CT molecular complexity index is 187. The SMILES string of the molecule is C=CC(C=C)=C(/C=C\C)NC. The minimum atomic E-state index is 1.02. The van der Waals surface area contributed by atoms with E-state index in [0.717, 1.165) is 11.3 Å². The number of likely N-dealkylation sites (N-methyl/N-ethyl adjacent to an activating group) is 1. The molecule has 0 rings (SSSR count). The average Bonchev–Trinajstić information content (AvgIpc) is 2.05. The molecule has 0 atom stereocenters. The van der Waals surface area contributed by atoms with Crippen molar-refractivity contribution in [3.63, 3.8) is 0 Å². The second kappa shape index (κ2) is 5.54. The first-order valence-electron chi connectivity index (χ1n) is 3.59. The molecule has 0 fully saturated rings. The predicted octanol–water partition coefficient (Wildman–Crippen LogP) is 2.41. The summed E-state index contributed by atoms with van der Waals surface area (Å²) in [6.45, 7) is 9.33. The Labute approximate surface area is 68.8 Å². The molecular formula is C10H15N. The second-order valence-corrected chi connectivity index (χ2v) is 2.03. The predicted molar refractivity (Wildman–Crippen MR) is 51.3 cm³/mol. The van der Waals surface area contributed by atoms with Crippen LogP contribution in [0.15, 0.2) is 48.7 Å². The van der Waals surface area contributed by atoms with E-state index in [9.17, 15) is 0 Å². The molecular weight excluding hydrogens is 134 g/mol. The van der Waals surface area contributed by atoms with Crippen LogP contribution < -0.4 is 5.32 Å². The molecule has 0 aliphatic heterocycles. The molecule has 0 saturated carbocycles. The van der Waals surface area contributed by atoms with E-state index in [2.05, 4.69) is 18.5 Å². The van der Waals surface area contributed by atoms with Gasteiger partial charge in [-0.1, -0.05) is 31.4 Å². The van der Waals surface area contributed by atoms with E-state index in [1.165, 1.54) is 0 Å². The zero-order chi connectivity index (χ0) is 8.69. The van der Waals surface area contributed by atoms with Gasteiger partial charge in [0.1, 0.15) is 0 Å². The molecule has 1 heteroatoms. The highest BCUT2D eigenvalue weighted by Gasteiger charge is 1.91. The van der Waals surface area contributed by atoms with Crippen molar-refractivity contribution >= 4 is 0 Å². The molecule has 0 spiro atoms. The molecule has 0 aromatic carbocycles. The van der Waals surface area contributed by atoms with Crippen LogP contribution in [0, 0.1) is 0 Å². The first-order valence-corrected chi connectivity index (χ1v) is 3.59. The van der Waals surface area contributed by atoms with E-state index in [4.69, 9.17) is 0 Å². The summed E-state index contributed by atoms with van der Waals surface area (Å²) in [6, 6.07) is 0. The van der Waals surface area contributed by atoms with Crippen LogP contribution in [-0.4, -0.2) is 7.05 Å². The summed E-state index contributed by atoms with van der Waals surface area (Å²) < 4.78 is 0. The van der Waals surface area contributed by atoms with Gasteiger partial charge in [-0.15, -0.1) is 0 Å². The lowest BCUT2D eigenvalue weighted by Crippen LogP contribution is -2.05. The van der Waals surface area contributed by atoms with E-state index in [1.54, 1.807) is 12.2 Å². The number of hydrogen-bond donors (Lipinski definition) is 1. The van der Waals surface area contributed by atoms with E-state index >= 15 is 0 Å². The molecule has 0 saturated heterocycles. The smallest absolute Gasteiger partial charge is 0.0407 e. The lowest BCUT2D eigenvalue weighted by atomic mass is 10.2. The van der Waals surface area contributed by atoms with Gasteiger partial charge in [0.15, 0.2) is 0 Å². The van der Waals surface area contributed by atoms with Crippen molar-refractivity contribution < 1.29 is 0 Å². The van der Waals surface area contributed by atoms with Crippen LogP contribution in [-0.2, 0) is 0 Å². The Morgan fingerprint density at radius 2 is 1.82 bits per heavy atom. The summed E-state index contributed by atoms with van der Waals surface area (Å²) in [5.74, 6) is 0. The van der Waals surface area contributed by atoms with Crippen molar-refractivity contribution in [2.45, 2.75) is 6.92 Å². The van der Waals surface area contributed by atoms with Crippen molar-refractivity contribution in [2.75, 3.05) is 7.05 Å². The van der Waals surface area contributed by atoms with Gasteiger partial charge in [0.05, 0.1) is 0 Å². The number of nitrogens with one attached hydrogen (secondary N) is 1. The summed E-state index contributed by atoms with van der Waals surface area (Å²) >= 11 is 0. The van der Waals surface area contributed by atoms with E-state index in [0.29, 0.717) is 0 Å². The summed E-state index contributed by atoms with van der Waals surface area (Å²) in [6.07, 6.45) is 7.51. The lowest BCUT2D eigenvalue weighted by molar-refractivity contribution is 1.02. The summed E-state index contributed by atoms with van der Waals surface area (Å²) in [4.78, 5) is 0. The van der Waals surface area contributed by atoms with Crippen molar-refractivity contribution in [1.82, 2.24) is 5.32 Å². The molecule has 60 valence electrons. The van der Waals surface area contributed by atoms with E-state index in [1.807, 2.05) is 26.1 Å². The zero-order valence-corrected chi connectivity index (χ0v) is 7.22. The van der Waals surface area contributed by atoms with Gasteiger partial charge in [-0.05, 0) is 18.6 Å². The number of hydrogen-bond acceptors (Lipinski definition) is 1. The first kappa shape index (κ1) is 9.76. The summed E-state index contributed by atoms with van der Waals surface area (Å²) in [5, 5.41) is 3.06. The number of rotatable bonds is 4. The lowest BCUT2D eigenvalue weighted by Gasteiger charge is -2.03. The fraction of sp³-hybridized carbons (Fsp3) is 0.200. The third-order valence-electron chi connectivity index (χ3n) is 1.35. The molecule has 0 bridgehead atoms. The van der Waals surface area contributed by atoms with Gasteiger partial charge in [0.25, 0.3) is 0 Å². The molecule has 1 N–H and O–H groups in total. The third kappa shape index (κ3) is 2.89. The minimum absolute atomic E-state index is 1.02. The van der Waals surface area contributed by atoms with Crippen molar-refractivity contribution in [3.8, 4) is 0 Å². The highest BCUT2D eigenvalue weighted by molar-refractivity contribution is 5.37. The summed E-state index contributed by atoms with van der Waals surface area (Å²) in [5.41, 5.74) is 2.06. The van der Waals surface area contributed by atoms with E-state index < -0.39 is 0 Å². The van der Waals surface area contributed by atoms with Crippen LogP contribution in [0.5, 0.6) is 0 Å². The Morgan fingerprint density at radius 1 is 1.27 bits per heavy atom. The maximum Gasteiger partial charge on any atom is 0.0407 e. The molecule has 0 aromatic heterocycles. The van der Waals surface area contributed by atoms with Gasteiger partial charge in [-0.3, -0.25) is 0 Å². The highest BCUT2D eigenvalue weighted by atomic mass is 14.8. The van der Waals surface area contributed by atoms with Crippen molar-refractivity contribution in [1.29, 1.82) is 0 Å². The molecule has 0 aliphatic rings. The Kier molecular flexibility index (Phi) is 4.91. The van der Waals surface area contributed by atoms with Crippen LogP contribution in [0.3, 0.4) is 0 Å². The molecule has 0 aliphatic carbocycles. The van der Waals surface area contributed by atoms with Crippen molar-refractivity contribution in [2.24, 2.45) is 0 Å². The molecule has 0 aromatic rings. The van der Waals surface area contributed by atoms with Crippen LogP contribution >= 0.6 is 0 Å². The fourth-order valence-corrected chi connectivity index (χ4v) is 0.794. The Hall–Kier alpha value is -1.24. The molecule has 0 unspecified atom stereocenters. The fourth-order valence-electron chi connectivity index (χ4n) is 0.794. The van der Waals surface area contributed by atoms with Gasteiger partial charge >= 0.3 is 0 Å². The molecule has 0 heterocycles. The first-order chi connectivity index (χ1) is 5.29. The quantitative estimate of drug-likeness (QED) is 0.605. The number of allylic oxidation sites excluding steroid dienone is 5. The van der Waals surface area contributed by atoms with Gasteiger partial charge < -0.3 is 5.32 Å². The Morgan fingerprint density at radius 3 is 2.09 bits per heavy atom. The van der Waals surface area contributed by atoms with Gasteiger partial charge in [0.2, 0.25) is 0 Å². The minimum Gasteiger partial charge on any atom is -0.388 e. The second-order valence-electron chi connectivity index (χ2n) is 2.03. The van der Waals surface area contributed by atoms with Crippen LogP contribution in [0.4, 0.5) is 0 Å². The van der Waals surface area contributed by atoms with Crippen LogP contribution in [0.25, 0.3) is 0 Å². The standard InChI is InChI=1S/C10H15N/c1-5-8-10(11-4)9(6-2)7-3/h5-8,11H,2-3H2,1,4H3/b8-5-. The topological polar surface area (TPSA) is 12.0 Å². The van der Waals surface area contributed by atoms with Gasteiger partial charge in [-0.25, -0.2) is 0 Å². The monoisotopic (exact) mass is 149 g/mol. The van der Waals surface area contributed by atoms with E-state index in [-0.39, 0.29) is 0 Å². The van der Waals surface area contributed by atoms with Gasteiger partial charge in [0, 0.05) is 12.7 Å². The maximum absolute atomic E-state index is 3.68. The summed E-state index contributed by atoms with van der Waals surface area (Å²) in [7, 11) is 1.88. The molecule has 0 radical (unpaired) electrons.